The molecule has 2 rings (SSSR count). The number of sulfonamides is 1. The number of methoxy groups -OCH3 is 2. The van der Waals surface area contributed by atoms with Gasteiger partial charge in [0.2, 0.25) is 10.0 Å². The van der Waals surface area contributed by atoms with Gasteiger partial charge in [-0.05, 0) is 24.6 Å². The third-order valence-electron chi connectivity index (χ3n) is 4.12. The Kier molecular flexibility index (Phi) is 7.72. The lowest BCUT2D eigenvalue weighted by atomic mass is 10.0. The van der Waals surface area contributed by atoms with E-state index >= 15 is 0 Å². The molecule has 0 aromatic heterocycles. The van der Waals surface area contributed by atoms with E-state index in [-0.39, 0.29) is 40.7 Å². The molecule has 0 aliphatic carbocycles. The molecule has 0 radical (unpaired) electrons. The Hall–Kier alpha value is -3.18. The van der Waals surface area contributed by atoms with Crippen LogP contribution < -0.4 is 14.2 Å². The fourth-order valence-electron chi connectivity index (χ4n) is 2.71. The van der Waals surface area contributed by atoms with E-state index in [9.17, 15) is 23.3 Å². The van der Waals surface area contributed by atoms with E-state index in [1.54, 1.807) is 6.92 Å². The van der Waals surface area contributed by atoms with Gasteiger partial charge in [-0.3, -0.25) is 14.9 Å². The van der Waals surface area contributed by atoms with Gasteiger partial charge in [0.05, 0.1) is 38.2 Å². The first-order valence-electron chi connectivity index (χ1n) is 8.86. The molecule has 0 saturated carbocycles. The van der Waals surface area contributed by atoms with Crippen LogP contribution in [0, 0.1) is 10.1 Å². The van der Waals surface area contributed by atoms with Gasteiger partial charge in [-0.15, -0.1) is 0 Å². The number of carbonyl (C=O) groups is 1. The lowest BCUT2D eigenvalue weighted by Gasteiger charge is -2.20. The Balaban J connectivity index is 2.48. The summed E-state index contributed by atoms with van der Waals surface area (Å²) in [4.78, 5) is 22.4. The summed E-state index contributed by atoms with van der Waals surface area (Å²) in [5.74, 6) is -0.306. The zero-order valence-corrected chi connectivity index (χ0v) is 17.5. The van der Waals surface area contributed by atoms with Crippen LogP contribution in [0.1, 0.15) is 24.9 Å². The minimum absolute atomic E-state index is 0.0669. The fraction of sp³-hybridized carbons (Fsp3) is 0.316. The van der Waals surface area contributed by atoms with Crippen molar-refractivity contribution < 1.29 is 32.3 Å². The second kappa shape index (κ2) is 10.0. The number of nitrogens with zero attached hydrogens (tertiary/aromatic N) is 1. The van der Waals surface area contributed by atoms with Gasteiger partial charge in [-0.1, -0.05) is 12.1 Å². The average Bonchev–Trinajstić information content (AvgIpc) is 2.72. The first-order valence-corrected chi connectivity index (χ1v) is 10.3. The second-order valence-corrected chi connectivity index (χ2v) is 7.73. The van der Waals surface area contributed by atoms with E-state index in [1.807, 2.05) is 0 Å². The first-order chi connectivity index (χ1) is 14.2. The smallest absolute Gasteiger partial charge is 0.307 e. The molecular weight excluding hydrogens is 416 g/mol. The molecule has 0 amide bonds. The lowest BCUT2D eigenvalue weighted by Crippen LogP contribution is -2.31. The molecule has 11 heteroatoms. The normalized spacial score (nSPS) is 12.1. The van der Waals surface area contributed by atoms with Crippen LogP contribution >= 0.6 is 0 Å². The van der Waals surface area contributed by atoms with Gasteiger partial charge in [0.1, 0.15) is 16.4 Å². The molecule has 0 bridgehead atoms. The van der Waals surface area contributed by atoms with E-state index in [4.69, 9.17) is 14.2 Å². The summed E-state index contributed by atoms with van der Waals surface area (Å²) in [6, 6.07) is 8.50. The highest BCUT2D eigenvalue weighted by atomic mass is 32.2. The van der Waals surface area contributed by atoms with Gasteiger partial charge in [0.25, 0.3) is 5.69 Å². The fourth-order valence-corrected chi connectivity index (χ4v) is 4.12. The molecule has 0 aliphatic heterocycles. The predicted molar refractivity (Wildman–Crippen MR) is 107 cm³/mol. The molecule has 1 atom stereocenters. The predicted octanol–water partition coefficient (Wildman–Crippen LogP) is 2.58. The Morgan fingerprint density at radius 2 is 1.90 bits per heavy atom. The van der Waals surface area contributed by atoms with Crippen LogP contribution in [0.25, 0.3) is 0 Å². The molecule has 0 aliphatic rings. The van der Waals surface area contributed by atoms with Crippen molar-refractivity contribution in [3.8, 4) is 11.5 Å². The van der Waals surface area contributed by atoms with E-state index in [1.165, 1.54) is 56.7 Å². The van der Waals surface area contributed by atoms with Crippen LogP contribution in [0.5, 0.6) is 11.5 Å². The number of nitro groups is 1. The van der Waals surface area contributed by atoms with E-state index in [0.717, 1.165) is 0 Å². The third kappa shape index (κ3) is 5.67. The molecule has 30 heavy (non-hydrogen) atoms. The van der Waals surface area contributed by atoms with Crippen molar-refractivity contribution in [3.05, 3.63) is 58.1 Å². The molecule has 0 saturated heterocycles. The van der Waals surface area contributed by atoms with Crippen molar-refractivity contribution in [3.63, 3.8) is 0 Å². The first kappa shape index (κ1) is 23.1. The van der Waals surface area contributed by atoms with Crippen molar-refractivity contribution >= 4 is 21.7 Å². The molecule has 2 aromatic carbocycles. The summed E-state index contributed by atoms with van der Waals surface area (Å²) in [5, 5.41) is 11.1. The highest BCUT2D eigenvalue weighted by molar-refractivity contribution is 7.89. The molecule has 0 fully saturated rings. The van der Waals surface area contributed by atoms with E-state index in [0.29, 0.717) is 0 Å². The standard InChI is InChI=1S/C19H22N2O8S/c1-4-29-19(22)12-16(13-6-5-7-14(10-13)21(23)24)20-30(25,26)18-11-15(27-2)8-9-17(18)28-3/h5-11,16,20H,4,12H2,1-3H3. The van der Waals surface area contributed by atoms with Gasteiger partial charge >= 0.3 is 5.97 Å². The molecule has 0 spiro atoms. The summed E-state index contributed by atoms with van der Waals surface area (Å²) in [7, 11) is -1.51. The lowest BCUT2D eigenvalue weighted by molar-refractivity contribution is -0.384. The monoisotopic (exact) mass is 438 g/mol. The second-order valence-electron chi connectivity index (χ2n) is 6.05. The maximum absolute atomic E-state index is 13.1. The van der Waals surface area contributed by atoms with Crippen LogP contribution in [0.4, 0.5) is 5.69 Å². The number of hydrogen-bond acceptors (Lipinski definition) is 8. The van der Waals surface area contributed by atoms with Crippen molar-refractivity contribution in [1.29, 1.82) is 0 Å². The number of nitro benzene ring substituents is 1. The van der Waals surface area contributed by atoms with Gasteiger partial charge in [0.15, 0.2) is 0 Å². The number of benzene rings is 2. The van der Waals surface area contributed by atoms with Crippen molar-refractivity contribution in [2.75, 3.05) is 20.8 Å². The topological polar surface area (TPSA) is 134 Å². The van der Waals surface area contributed by atoms with Crippen LogP contribution in [0.3, 0.4) is 0 Å². The Labute approximate surface area is 174 Å². The summed E-state index contributed by atoms with van der Waals surface area (Å²) in [6.45, 7) is 1.72. The summed E-state index contributed by atoms with van der Waals surface area (Å²) >= 11 is 0. The van der Waals surface area contributed by atoms with Gasteiger partial charge < -0.3 is 14.2 Å². The molecule has 1 unspecified atom stereocenters. The number of nitrogens with one attached hydrogen (secondary N) is 1. The number of rotatable bonds is 10. The number of ether oxygens (including phenoxy) is 3. The molecule has 0 heterocycles. The molecular formula is C19H22N2O8S. The maximum atomic E-state index is 13.1. The highest BCUT2D eigenvalue weighted by Crippen LogP contribution is 2.30. The van der Waals surface area contributed by atoms with Crippen LogP contribution in [0.2, 0.25) is 0 Å². The van der Waals surface area contributed by atoms with E-state index in [2.05, 4.69) is 4.72 Å². The molecule has 2 aromatic rings. The summed E-state index contributed by atoms with van der Waals surface area (Å²) < 4.78 is 43.7. The quantitative estimate of drug-likeness (QED) is 0.340. The van der Waals surface area contributed by atoms with Gasteiger partial charge in [-0.2, -0.15) is 0 Å². The van der Waals surface area contributed by atoms with Crippen molar-refractivity contribution in [2.45, 2.75) is 24.3 Å². The molecule has 10 nitrogen and oxygen atoms in total. The summed E-state index contributed by atoms with van der Waals surface area (Å²) in [6.07, 6.45) is -0.361. The Morgan fingerprint density at radius 3 is 2.50 bits per heavy atom. The zero-order valence-electron chi connectivity index (χ0n) is 16.7. The number of non-ortho nitro benzene ring substituents is 1. The third-order valence-corrected chi connectivity index (χ3v) is 5.61. The van der Waals surface area contributed by atoms with Crippen LogP contribution in [-0.2, 0) is 19.6 Å². The summed E-state index contributed by atoms with van der Waals surface area (Å²) in [5.41, 5.74) is 0.00205. The van der Waals surface area contributed by atoms with Gasteiger partial charge in [0, 0.05) is 18.2 Å². The minimum atomic E-state index is -4.21. The number of esters is 1. The van der Waals surface area contributed by atoms with Crippen LogP contribution in [0.15, 0.2) is 47.4 Å². The Morgan fingerprint density at radius 1 is 1.17 bits per heavy atom. The Bertz CT molecular complexity index is 1020. The largest absolute Gasteiger partial charge is 0.497 e. The SMILES string of the molecule is CCOC(=O)CC(NS(=O)(=O)c1cc(OC)ccc1OC)c1cccc([N+](=O)[O-])c1. The van der Waals surface area contributed by atoms with Crippen molar-refractivity contribution in [2.24, 2.45) is 0 Å². The zero-order chi connectivity index (χ0) is 22.3. The maximum Gasteiger partial charge on any atom is 0.307 e. The molecule has 1 N–H and O–H groups in total. The van der Waals surface area contributed by atoms with E-state index < -0.39 is 27.0 Å². The minimum Gasteiger partial charge on any atom is -0.497 e. The van der Waals surface area contributed by atoms with Crippen molar-refractivity contribution in [1.82, 2.24) is 4.72 Å². The highest BCUT2D eigenvalue weighted by Gasteiger charge is 2.28. The van der Waals surface area contributed by atoms with Crippen LogP contribution in [-0.4, -0.2) is 40.1 Å². The van der Waals surface area contributed by atoms with Gasteiger partial charge in [-0.25, -0.2) is 13.1 Å². The number of hydrogen-bond donors (Lipinski definition) is 1. The average molecular weight is 438 g/mol. The number of carbonyl (C=O) groups excluding carboxylic acids is 1. The molecule has 162 valence electrons.